The van der Waals surface area contributed by atoms with E-state index in [-0.39, 0.29) is 0 Å². The Bertz CT molecular complexity index is 478. The Kier molecular flexibility index (Phi) is 5.62. The van der Waals surface area contributed by atoms with Crippen LogP contribution in [0.3, 0.4) is 0 Å². The maximum Gasteiger partial charge on any atom is 0.0175 e. The first-order chi connectivity index (χ1) is 9.29. The maximum atomic E-state index is 3.50. The molecule has 0 saturated carbocycles. The zero-order valence-corrected chi connectivity index (χ0v) is 12.9. The fraction of sp³-hybridized carbons (Fsp3) is 0.294. The van der Waals surface area contributed by atoms with E-state index in [0.29, 0.717) is 5.92 Å². The van der Waals surface area contributed by atoms with Crippen molar-refractivity contribution < 1.29 is 0 Å². The predicted octanol–water partition coefficient (Wildman–Crippen LogP) is 4.38. The maximum absolute atomic E-state index is 3.50. The van der Waals surface area contributed by atoms with Crippen LogP contribution in [0.4, 0.5) is 0 Å². The molecule has 0 amide bonds. The Morgan fingerprint density at radius 1 is 1.00 bits per heavy atom. The number of hydrogen-bond acceptors (Lipinski definition) is 1. The van der Waals surface area contributed by atoms with Crippen LogP contribution in [0.5, 0.6) is 0 Å². The van der Waals surface area contributed by atoms with Crippen LogP contribution in [0.15, 0.2) is 59.1 Å². The molecular formula is C17H20BrN. The molecule has 0 heterocycles. The number of nitrogens with one attached hydrogen (secondary N) is 1. The van der Waals surface area contributed by atoms with Crippen molar-refractivity contribution in [1.29, 1.82) is 0 Å². The van der Waals surface area contributed by atoms with Gasteiger partial charge < -0.3 is 5.32 Å². The lowest BCUT2D eigenvalue weighted by molar-refractivity contribution is 0.595. The highest BCUT2D eigenvalue weighted by molar-refractivity contribution is 9.10. The molecule has 1 unspecified atom stereocenters. The van der Waals surface area contributed by atoms with Crippen molar-refractivity contribution in [3.05, 3.63) is 70.2 Å². The van der Waals surface area contributed by atoms with E-state index in [2.05, 4.69) is 82.8 Å². The fourth-order valence-electron chi connectivity index (χ4n) is 2.26. The molecule has 1 nitrogen and oxygen atoms in total. The lowest BCUT2D eigenvalue weighted by Crippen LogP contribution is -2.22. The first kappa shape index (κ1) is 14.3. The molecule has 0 spiro atoms. The Morgan fingerprint density at radius 2 is 1.68 bits per heavy atom. The molecule has 0 radical (unpaired) electrons. The lowest BCUT2D eigenvalue weighted by atomic mass is 9.92. The van der Waals surface area contributed by atoms with E-state index in [4.69, 9.17) is 0 Å². The predicted molar refractivity (Wildman–Crippen MR) is 85.6 cm³/mol. The van der Waals surface area contributed by atoms with Gasteiger partial charge in [-0.1, -0.05) is 65.3 Å². The van der Waals surface area contributed by atoms with Crippen LogP contribution >= 0.6 is 15.9 Å². The van der Waals surface area contributed by atoms with E-state index >= 15 is 0 Å². The average Bonchev–Trinajstić information content (AvgIpc) is 2.45. The van der Waals surface area contributed by atoms with Gasteiger partial charge >= 0.3 is 0 Å². The van der Waals surface area contributed by atoms with Gasteiger partial charge in [-0.2, -0.15) is 0 Å². The van der Waals surface area contributed by atoms with Crippen LogP contribution in [0, 0.1) is 0 Å². The molecule has 100 valence electrons. The summed E-state index contributed by atoms with van der Waals surface area (Å²) in [4.78, 5) is 0. The highest BCUT2D eigenvalue weighted by Crippen LogP contribution is 2.22. The summed E-state index contributed by atoms with van der Waals surface area (Å²) in [6.45, 7) is 4.19. The Morgan fingerprint density at radius 3 is 2.32 bits per heavy atom. The summed E-state index contributed by atoms with van der Waals surface area (Å²) in [6.07, 6.45) is 1.08. The second kappa shape index (κ2) is 7.46. The van der Waals surface area contributed by atoms with Crippen LogP contribution in [-0.2, 0) is 6.42 Å². The molecule has 0 aliphatic heterocycles. The second-order valence-corrected chi connectivity index (χ2v) is 5.66. The van der Waals surface area contributed by atoms with Crippen molar-refractivity contribution in [2.75, 3.05) is 13.1 Å². The normalized spacial score (nSPS) is 12.3. The fourth-order valence-corrected chi connectivity index (χ4v) is 2.52. The smallest absolute Gasteiger partial charge is 0.0175 e. The largest absolute Gasteiger partial charge is 0.316 e. The summed E-state index contributed by atoms with van der Waals surface area (Å²) in [6, 6.07) is 19.4. The van der Waals surface area contributed by atoms with Crippen molar-refractivity contribution in [3.63, 3.8) is 0 Å². The van der Waals surface area contributed by atoms with E-state index < -0.39 is 0 Å². The Balaban J connectivity index is 2.13. The summed E-state index contributed by atoms with van der Waals surface area (Å²) >= 11 is 3.50. The van der Waals surface area contributed by atoms with Crippen molar-refractivity contribution in [2.24, 2.45) is 0 Å². The third kappa shape index (κ3) is 4.48. The van der Waals surface area contributed by atoms with Gasteiger partial charge in [0.1, 0.15) is 0 Å². The summed E-state index contributed by atoms with van der Waals surface area (Å²) in [5, 5.41) is 3.47. The zero-order valence-electron chi connectivity index (χ0n) is 11.3. The van der Waals surface area contributed by atoms with Gasteiger partial charge in [-0.05, 0) is 36.2 Å². The standard InChI is InChI=1S/C17H20BrN/c1-2-19-13-16(12-14-6-4-3-5-7-14)15-8-10-17(18)11-9-15/h3-11,16,19H,2,12-13H2,1H3. The van der Waals surface area contributed by atoms with E-state index in [1.54, 1.807) is 0 Å². The monoisotopic (exact) mass is 317 g/mol. The van der Waals surface area contributed by atoms with Gasteiger partial charge in [0.2, 0.25) is 0 Å². The first-order valence-electron chi connectivity index (χ1n) is 6.79. The molecule has 1 N–H and O–H groups in total. The van der Waals surface area contributed by atoms with E-state index in [1.165, 1.54) is 11.1 Å². The quantitative estimate of drug-likeness (QED) is 0.833. The Hall–Kier alpha value is -1.12. The molecule has 0 fully saturated rings. The zero-order chi connectivity index (χ0) is 13.5. The highest BCUT2D eigenvalue weighted by Gasteiger charge is 2.11. The summed E-state index contributed by atoms with van der Waals surface area (Å²) in [5.74, 6) is 0.524. The molecular weight excluding hydrogens is 298 g/mol. The summed E-state index contributed by atoms with van der Waals surface area (Å²) in [7, 11) is 0. The number of rotatable bonds is 6. The minimum atomic E-state index is 0.524. The minimum Gasteiger partial charge on any atom is -0.316 e. The summed E-state index contributed by atoms with van der Waals surface area (Å²) < 4.78 is 1.14. The molecule has 2 aromatic carbocycles. The number of halogens is 1. The molecule has 0 aromatic heterocycles. The van der Waals surface area contributed by atoms with E-state index in [1.807, 2.05) is 0 Å². The van der Waals surface area contributed by atoms with Crippen molar-refractivity contribution >= 4 is 15.9 Å². The van der Waals surface area contributed by atoms with Crippen LogP contribution in [0.2, 0.25) is 0 Å². The third-order valence-electron chi connectivity index (χ3n) is 3.31. The van der Waals surface area contributed by atoms with Crippen LogP contribution < -0.4 is 5.32 Å². The number of benzene rings is 2. The lowest BCUT2D eigenvalue weighted by Gasteiger charge is -2.18. The molecule has 2 heteroatoms. The first-order valence-corrected chi connectivity index (χ1v) is 7.59. The van der Waals surface area contributed by atoms with Crippen LogP contribution in [-0.4, -0.2) is 13.1 Å². The number of likely N-dealkylation sites (N-methyl/N-ethyl adjacent to an activating group) is 1. The van der Waals surface area contributed by atoms with Gasteiger partial charge in [-0.15, -0.1) is 0 Å². The van der Waals surface area contributed by atoms with Gasteiger partial charge in [0.15, 0.2) is 0 Å². The molecule has 2 aromatic rings. The third-order valence-corrected chi connectivity index (χ3v) is 3.84. The molecule has 0 aliphatic rings. The topological polar surface area (TPSA) is 12.0 Å². The molecule has 0 aliphatic carbocycles. The highest BCUT2D eigenvalue weighted by atomic mass is 79.9. The van der Waals surface area contributed by atoms with Crippen molar-refractivity contribution in [2.45, 2.75) is 19.3 Å². The Labute approximate surface area is 124 Å². The number of hydrogen-bond donors (Lipinski definition) is 1. The van der Waals surface area contributed by atoms with Crippen LogP contribution in [0.1, 0.15) is 24.0 Å². The summed E-state index contributed by atoms with van der Waals surface area (Å²) in [5.41, 5.74) is 2.79. The van der Waals surface area contributed by atoms with Gasteiger partial charge in [0.25, 0.3) is 0 Å². The minimum absolute atomic E-state index is 0.524. The molecule has 0 saturated heterocycles. The van der Waals surface area contributed by atoms with Crippen LogP contribution in [0.25, 0.3) is 0 Å². The van der Waals surface area contributed by atoms with Crippen molar-refractivity contribution in [1.82, 2.24) is 5.32 Å². The van der Waals surface area contributed by atoms with Gasteiger partial charge in [0, 0.05) is 16.9 Å². The second-order valence-electron chi connectivity index (χ2n) is 4.75. The van der Waals surface area contributed by atoms with Crippen molar-refractivity contribution in [3.8, 4) is 0 Å². The molecule has 0 bridgehead atoms. The van der Waals surface area contributed by atoms with Gasteiger partial charge in [-0.3, -0.25) is 0 Å². The van der Waals surface area contributed by atoms with Gasteiger partial charge in [0.05, 0.1) is 0 Å². The van der Waals surface area contributed by atoms with E-state index in [0.717, 1.165) is 24.0 Å². The molecule has 19 heavy (non-hydrogen) atoms. The molecule has 1 atom stereocenters. The molecule has 2 rings (SSSR count). The van der Waals surface area contributed by atoms with E-state index in [9.17, 15) is 0 Å². The van der Waals surface area contributed by atoms with Gasteiger partial charge in [-0.25, -0.2) is 0 Å². The average molecular weight is 318 g/mol. The SMILES string of the molecule is CCNCC(Cc1ccccc1)c1ccc(Br)cc1.